The van der Waals surface area contributed by atoms with Gasteiger partial charge in [0.15, 0.2) is 5.78 Å². The van der Waals surface area contributed by atoms with Gasteiger partial charge in [0.2, 0.25) is 5.91 Å². The van der Waals surface area contributed by atoms with Crippen molar-refractivity contribution in [1.29, 1.82) is 0 Å². The fourth-order valence-corrected chi connectivity index (χ4v) is 3.77. The molecule has 1 aliphatic rings. The number of halogens is 1. The Bertz CT molecular complexity index is 786. The number of ketones is 1. The summed E-state index contributed by atoms with van der Waals surface area (Å²) in [5, 5.41) is 3.14. The molecule has 1 N–H and O–H groups in total. The van der Waals surface area contributed by atoms with Crippen molar-refractivity contribution in [2.45, 2.75) is 19.1 Å². The van der Waals surface area contributed by atoms with Gasteiger partial charge in [0.25, 0.3) is 0 Å². The van der Waals surface area contributed by atoms with Crippen LogP contribution in [-0.4, -0.2) is 17.4 Å². The predicted molar refractivity (Wildman–Crippen MR) is 95.5 cm³/mol. The Morgan fingerprint density at radius 2 is 1.83 bits per heavy atom. The minimum absolute atomic E-state index is 0.0867. The molecule has 0 radical (unpaired) electrons. The fourth-order valence-electron chi connectivity index (χ4n) is 2.58. The largest absolute Gasteiger partial charge is 0.325 e. The van der Waals surface area contributed by atoms with Crippen molar-refractivity contribution in [3.8, 4) is 0 Å². The minimum atomic E-state index is -0.377. The number of hydrogen-bond acceptors (Lipinski definition) is 3. The molecule has 1 unspecified atom stereocenters. The second-order valence-corrected chi connectivity index (χ2v) is 7.16. The average molecular weight is 346 g/mol. The summed E-state index contributed by atoms with van der Waals surface area (Å²) in [5.41, 5.74) is 4.33. The molecule has 3 rings (SSSR count). The molecule has 2 aromatic rings. The van der Waals surface area contributed by atoms with Crippen LogP contribution in [0.1, 0.15) is 32.3 Å². The van der Waals surface area contributed by atoms with Crippen LogP contribution in [0.3, 0.4) is 0 Å². The summed E-state index contributed by atoms with van der Waals surface area (Å²) in [6.45, 7) is 3.97. The lowest BCUT2D eigenvalue weighted by Gasteiger charge is -2.24. The van der Waals surface area contributed by atoms with E-state index in [1.165, 1.54) is 11.8 Å². The normalized spacial score (nSPS) is 16.8. The average Bonchev–Trinajstić information content (AvgIpc) is 2.52. The van der Waals surface area contributed by atoms with Gasteiger partial charge in [-0.1, -0.05) is 17.7 Å². The SMILES string of the molecule is Cc1cc2c(cc1C)C(C(=O)Nc1ccc(Cl)cc1)SCC2=O. The third-order valence-corrected chi connectivity index (χ3v) is 5.46. The molecule has 118 valence electrons. The highest BCUT2D eigenvalue weighted by atomic mass is 35.5. The van der Waals surface area contributed by atoms with E-state index in [2.05, 4.69) is 5.32 Å². The van der Waals surface area contributed by atoms with Crippen molar-refractivity contribution in [2.24, 2.45) is 0 Å². The fraction of sp³-hybridized carbons (Fsp3) is 0.222. The standard InChI is InChI=1S/C18H16ClNO2S/c1-10-7-14-15(8-11(10)2)17(23-9-16(14)21)18(22)20-13-5-3-12(19)4-6-13/h3-8,17H,9H2,1-2H3,(H,20,22). The van der Waals surface area contributed by atoms with Gasteiger partial charge in [-0.25, -0.2) is 0 Å². The summed E-state index contributed by atoms with van der Waals surface area (Å²) in [6.07, 6.45) is 0. The van der Waals surface area contributed by atoms with Gasteiger partial charge in [-0.3, -0.25) is 9.59 Å². The molecule has 3 nitrogen and oxygen atoms in total. The Morgan fingerprint density at radius 3 is 2.52 bits per heavy atom. The lowest BCUT2D eigenvalue weighted by atomic mass is 9.94. The van der Waals surface area contributed by atoms with E-state index < -0.39 is 0 Å². The number of rotatable bonds is 2. The molecule has 1 heterocycles. The number of anilines is 1. The third kappa shape index (κ3) is 3.28. The van der Waals surface area contributed by atoms with Crippen molar-refractivity contribution in [1.82, 2.24) is 0 Å². The van der Waals surface area contributed by atoms with Crippen LogP contribution >= 0.6 is 23.4 Å². The Balaban J connectivity index is 1.90. The third-order valence-electron chi connectivity index (χ3n) is 3.98. The van der Waals surface area contributed by atoms with Crippen LogP contribution in [-0.2, 0) is 4.79 Å². The van der Waals surface area contributed by atoms with Crippen molar-refractivity contribution >= 4 is 40.7 Å². The number of fused-ring (bicyclic) bond motifs is 1. The number of carbonyl (C=O) groups excluding carboxylic acids is 2. The zero-order valence-corrected chi connectivity index (χ0v) is 14.4. The number of nitrogens with one attached hydrogen (secondary N) is 1. The van der Waals surface area contributed by atoms with E-state index in [0.717, 1.165) is 16.7 Å². The van der Waals surface area contributed by atoms with Crippen molar-refractivity contribution in [3.05, 3.63) is 63.7 Å². The summed E-state index contributed by atoms with van der Waals surface area (Å²) < 4.78 is 0. The number of aryl methyl sites for hydroxylation is 2. The summed E-state index contributed by atoms with van der Waals surface area (Å²) in [7, 11) is 0. The number of Topliss-reactive ketones (excluding diaryl/α,β-unsaturated/α-hetero) is 1. The van der Waals surface area contributed by atoms with E-state index in [9.17, 15) is 9.59 Å². The van der Waals surface area contributed by atoms with Gasteiger partial charge in [0.1, 0.15) is 5.25 Å². The molecule has 23 heavy (non-hydrogen) atoms. The van der Waals surface area contributed by atoms with Gasteiger partial charge in [-0.05, 0) is 60.9 Å². The first kappa shape index (κ1) is 16.1. The van der Waals surface area contributed by atoms with Crippen LogP contribution in [0, 0.1) is 13.8 Å². The van der Waals surface area contributed by atoms with Crippen molar-refractivity contribution < 1.29 is 9.59 Å². The Labute approximate surface area is 144 Å². The lowest BCUT2D eigenvalue weighted by molar-refractivity contribution is -0.115. The van der Waals surface area contributed by atoms with Gasteiger partial charge in [-0.2, -0.15) is 0 Å². The molecule has 2 aromatic carbocycles. The van der Waals surface area contributed by atoms with Gasteiger partial charge < -0.3 is 5.32 Å². The van der Waals surface area contributed by atoms with Crippen LogP contribution in [0.2, 0.25) is 5.02 Å². The van der Waals surface area contributed by atoms with Crippen LogP contribution in [0.25, 0.3) is 0 Å². The molecule has 1 atom stereocenters. The highest BCUT2D eigenvalue weighted by molar-refractivity contribution is 8.01. The Kier molecular flexibility index (Phi) is 4.46. The minimum Gasteiger partial charge on any atom is -0.325 e. The maximum atomic E-state index is 12.6. The number of thioether (sulfide) groups is 1. The Morgan fingerprint density at radius 1 is 1.17 bits per heavy atom. The quantitative estimate of drug-likeness (QED) is 0.867. The molecule has 0 aromatic heterocycles. The maximum Gasteiger partial charge on any atom is 0.242 e. The molecule has 0 spiro atoms. The Hall–Kier alpha value is -1.78. The van der Waals surface area contributed by atoms with E-state index in [0.29, 0.717) is 22.0 Å². The molecule has 1 aliphatic heterocycles. The van der Waals surface area contributed by atoms with Crippen molar-refractivity contribution in [3.63, 3.8) is 0 Å². The molecule has 0 saturated heterocycles. The topological polar surface area (TPSA) is 46.2 Å². The lowest BCUT2D eigenvalue weighted by Crippen LogP contribution is -2.26. The van der Waals surface area contributed by atoms with Crippen LogP contribution in [0.4, 0.5) is 5.69 Å². The zero-order chi connectivity index (χ0) is 16.6. The van der Waals surface area contributed by atoms with Gasteiger partial charge >= 0.3 is 0 Å². The summed E-state index contributed by atoms with van der Waals surface area (Å²) in [5.74, 6) is 0.298. The van der Waals surface area contributed by atoms with E-state index >= 15 is 0 Å². The highest BCUT2D eigenvalue weighted by Crippen LogP contribution is 2.38. The van der Waals surface area contributed by atoms with Gasteiger partial charge in [0.05, 0.1) is 5.75 Å². The summed E-state index contributed by atoms with van der Waals surface area (Å²) in [6, 6.07) is 10.9. The van der Waals surface area contributed by atoms with Crippen LogP contribution in [0.15, 0.2) is 36.4 Å². The molecule has 5 heteroatoms. The molecule has 0 aliphatic carbocycles. The first-order valence-corrected chi connectivity index (χ1v) is 8.71. The predicted octanol–water partition coefficient (Wildman–Crippen LogP) is 4.57. The first-order chi connectivity index (χ1) is 11.0. The van der Waals surface area contributed by atoms with E-state index in [1.807, 2.05) is 26.0 Å². The van der Waals surface area contributed by atoms with Gasteiger partial charge in [0, 0.05) is 16.3 Å². The van der Waals surface area contributed by atoms with Crippen molar-refractivity contribution in [2.75, 3.05) is 11.1 Å². The van der Waals surface area contributed by atoms with E-state index in [-0.39, 0.29) is 16.9 Å². The molecule has 1 amide bonds. The molecular weight excluding hydrogens is 330 g/mol. The van der Waals surface area contributed by atoms with Gasteiger partial charge in [-0.15, -0.1) is 11.8 Å². The first-order valence-electron chi connectivity index (χ1n) is 7.28. The number of benzene rings is 2. The second kappa shape index (κ2) is 6.38. The van der Waals surface area contributed by atoms with E-state index in [1.54, 1.807) is 24.3 Å². The number of carbonyl (C=O) groups is 2. The summed E-state index contributed by atoms with van der Waals surface area (Å²) in [4.78, 5) is 24.8. The zero-order valence-electron chi connectivity index (χ0n) is 12.9. The molecule has 0 fully saturated rings. The molecule has 0 saturated carbocycles. The second-order valence-electron chi connectivity index (χ2n) is 5.63. The van der Waals surface area contributed by atoms with E-state index in [4.69, 9.17) is 11.6 Å². The molecule has 0 bridgehead atoms. The summed E-state index contributed by atoms with van der Waals surface area (Å²) >= 11 is 7.23. The number of amides is 1. The smallest absolute Gasteiger partial charge is 0.242 e. The monoisotopic (exact) mass is 345 g/mol. The maximum absolute atomic E-state index is 12.6. The van der Waals surface area contributed by atoms with Crippen LogP contribution in [0.5, 0.6) is 0 Å². The number of hydrogen-bond donors (Lipinski definition) is 1. The molecular formula is C18H16ClNO2S. The van der Waals surface area contributed by atoms with Crippen LogP contribution < -0.4 is 5.32 Å². The highest BCUT2D eigenvalue weighted by Gasteiger charge is 2.31.